The van der Waals surface area contributed by atoms with Gasteiger partial charge in [0.1, 0.15) is 6.04 Å². The van der Waals surface area contributed by atoms with Crippen LogP contribution in [0.2, 0.25) is 0 Å². The number of hydrogen-bond acceptors (Lipinski definition) is 2. The Labute approximate surface area is 191 Å². The molecule has 0 aromatic heterocycles. The first-order valence-electron chi connectivity index (χ1n) is 11.2. The van der Waals surface area contributed by atoms with Gasteiger partial charge in [0.05, 0.1) is 6.42 Å². The summed E-state index contributed by atoms with van der Waals surface area (Å²) < 4.78 is 0. The van der Waals surface area contributed by atoms with Crippen LogP contribution in [0.15, 0.2) is 84.9 Å². The van der Waals surface area contributed by atoms with Gasteiger partial charge in [0.25, 0.3) is 0 Å². The van der Waals surface area contributed by atoms with Crippen LogP contribution in [0, 0.1) is 6.92 Å². The fraction of sp³-hybridized carbons (Fsp3) is 0.286. The van der Waals surface area contributed by atoms with Crippen molar-refractivity contribution in [1.29, 1.82) is 0 Å². The first-order valence-corrected chi connectivity index (χ1v) is 11.2. The van der Waals surface area contributed by atoms with Gasteiger partial charge in [-0.1, -0.05) is 90.5 Å². The molecule has 0 aliphatic carbocycles. The van der Waals surface area contributed by atoms with E-state index < -0.39 is 6.04 Å². The summed E-state index contributed by atoms with van der Waals surface area (Å²) in [5.74, 6) is -0.186. The zero-order valence-electron chi connectivity index (χ0n) is 19.1. The van der Waals surface area contributed by atoms with E-state index in [9.17, 15) is 9.59 Å². The summed E-state index contributed by atoms with van der Waals surface area (Å²) in [5, 5.41) is 3.02. The van der Waals surface area contributed by atoms with Crippen molar-refractivity contribution in [1.82, 2.24) is 10.2 Å². The van der Waals surface area contributed by atoms with Gasteiger partial charge < -0.3 is 10.2 Å². The molecule has 2 amide bonds. The molecule has 0 unspecified atom stereocenters. The molecule has 4 heteroatoms. The third-order valence-electron chi connectivity index (χ3n) is 5.37. The van der Waals surface area contributed by atoms with E-state index >= 15 is 0 Å². The predicted octanol–water partition coefficient (Wildman–Crippen LogP) is 4.70. The van der Waals surface area contributed by atoms with Gasteiger partial charge in [0, 0.05) is 19.0 Å². The predicted molar refractivity (Wildman–Crippen MR) is 129 cm³/mol. The molecule has 32 heavy (non-hydrogen) atoms. The Morgan fingerprint density at radius 2 is 1.34 bits per heavy atom. The van der Waals surface area contributed by atoms with Gasteiger partial charge in [-0.05, 0) is 37.5 Å². The van der Waals surface area contributed by atoms with Crippen molar-refractivity contribution in [3.63, 3.8) is 0 Å². The Kier molecular flexibility index (Phi) is 8.20. The quantitative estimate of drug-likeness (QED) is 0.537. The van der Waals surface area contributed by atoms with Gasteiger partial charge in [-0.15, -0.1) is 0 Å². The van der Waals surface area contributed by atoms with Crippen LogP contribution in [-0.2, 0) is 29.0 Å². The summed E-state index contributed by atoms with van der Waals surface area (Å²) in [6, 6.07) is 27.1. The summed E-state index contributed by atoms with van der Waals surface area (Å²) in [6.07, 6.45) is 0.721. The van der Waals surface area contributed by atoms with E-state index in [-0.39, 0.29) is 24.3 Å². The summed E-state index contributed by atoms with van der Waals surface area (Å²) >= 11 is 0. The van der Waals surface area contributed by atoms with Crippen molar-refractivity contribution in [2.75, 3.05) is 0 Å². The highest BCUT2D eigenvalue weighted by Gasteiger charge is 2.30. The molecule has 4 nitrogen and oxygen atoms in total. The van der Waals surface area contributed by atoms with Crippen LogP contribution in [0.25, 0.3) is 0 Å². The molecule has 3 aromatic carbocycles. The van der Waals surface area contributed by atoms with Crippen LogP contribution in [-0.4, -0.2) is 28.8 Å². The zero-order chi connectivity index (χ0) is 22.9. The van der Waals surface area contributed by atoms with Gasteiger partial charge in [0.2, 0.25) is 11.8 Å². The maximum absolute atomic E-state index is 13.6. The first-order chi connectivity index (χ1) is 15.4. The van der Waals surface area contributed by atoms with E-state index in [1.165, 1.54) is 0 Å². The molecular weight excluding hydrogens is 396 g/mol. The highest BCUT2D eigenvalue weighted by Crippen LogP contribution is 2.17. The smallest absolute Gasteiger partial charge is 0.243 e. The Balaban J connectivity index is 1.93. The number of rotatable bonds is 9. The van der Waals surface area contributed by atoms with E-state index in [0.29, 0.717) is 13.0 Å². The minimum Gasteiger partial charge on any atom is -0.352 e. The van der Waals surface area contributed by atoms with Crippen LogP contribution >= 0.6 is 0 Å². The van der Waals surface area contributed by atoms with Gasteiger partial charge in [-0.3, -0.25) is 9.59 Å². The second kappa shape index (κ2) is 11.3. The lowest BCUT2D eigenvalue weighted by Crippen LogP contribution is -2.52. The Hall–Kier alpha value is -3.40. The molecule has 0 aliphatic heterocycles. The van der Waals surface area contributed by atoms with Crippen molar-refractivity contribution >= 4 is 11.8 Å². The van der Waals surface area contributed by atoms with Crippen molar-refractivity contribution in [2.45, 2.75) is 52.2 Å². The van der Waals surface area contributed by atoms with Gasteiger partial charge in [-0.25, -0.2) is 0 Å². The lowest BCUT2D eigenvalue weighted by atomic mass is 10.0. The highest BCUT2D eigenvalue weighted by molar-refractivity contribution is 5.89. The van der Waals surface area contributed by atoms with E-state index in [2.05, 4.69) is 5.32 Å². The molecular formula is C28H32N2O2. The van der Waals surface area contributed by atoms with E-state index in [1.54, 1.807) is 4.90 Å². The topological polar surface area (TPSA) is 49.4 Å². The Morgan fingerprint density at radius 1 is 0.781 bits per heavy atom. The van der Waals surface area contributed by atoms with E-state index in [1.807, 2.05) is 106 Å². The molecule has 3 rings (SSSR count). The number of hydrogen-bond donors (Lipinski definition) is 1. The first kappa shape index (κ1) is 23.3. The third-order valence-corrected chi connectivity index (χ3v) is 5.37. The molecule has 0 saturated heterocycles. The molecule has 1 N–H and O–H groups in total. The molecule has 166 valence electrons. The van der Waals surface area contributed by atoms with Gasteiger partial charge in [-0.2, -0.15) is 0 Å². The maximum atomic E-state index is 13.6. The third kappa shape index (κ3) is 6.81. The minimum absolute atomic E-state index is 0.00782. The summed E-state index contributed by atoms with van der Waals surface area (Å²) in [7, 11) is 0. The van der Waals surface area contributed by atoms with Crippen LogP contribution in [0.5, 0.6) is 0 Å². The zero-order valence-corrected chi connectivity index (χ0v) is 19.1. The fourth-order valence-corrected chi connectivity index (χ4v) is 3.70. The molecule has 0 bridgehead atoms. The molecule has 0 radical (unpaired) electrons. The van der Waals surface area contributed by atoms with E-state index in [0.717, 1.165) is 22.3 Å². The highest BCUT2D eigenvalue weighted by atomic mass is 16.2. The maximum Gasteiger partial charge on any atom is 0.243 e. The number of benzene rings is 3. The number of aryl methyl sites for hydroxylation is 1. The van der Waals surface area contributed by atoms with Crippen LogP contribution in [0.1, 0.15) is 36.1 Å². The number of amides is 2. The standard InChI is InChI=1S/C28H32N2O2/c1-21(2)29-28(32)26(18-23-10-6-4-7-11-23)30(20-25-12-8-5-9-13-25)27(31)19-24-16-14-22(3)15-17-24/h4-17,21,26H,18-20H2,1-3H3,(H,29,32)/t26-/m0/s1. The number of carbonyl (C=O) groups is 2. The normalized spacial score (nSPS) is 11.8. The Morgan fingerprint density at radius 3 is 1.91 bits per heavy atom. The fourth-order valence-electron chi connectivity index (χ4n) is 3.70. The molecule has 3 aromatic rings. The molecule has 0 heterocycles. The van der Waals surface area contributed by atoms with Crippen LogP contribution < -0.4 is 5.32 Å². The summed E-state index contributed by atoms with van der Waals surface area (Å²) in [5.41, 5.74) is 4.12. The average molecular weight is 429 g/mol. The monoisotopic (exact) mass is 428 g/mol. The lowest BCUT2D eigenvalue weighted by Gasteiger charge is -2.32. The van der Waals surface area contributed by atoms with Crippen molar-refractivity contribution < 1.29 is 9.59 Å². The molecule has 1 atom stereocenters. The Bertz CT molecular complexity index is 999. The van der Waals surface area contributed by atoms with Crippen molar-refractivity contribution in [3.05, 3.63) is 107 Å². The van der Waals surface area contributed by atoms with Crippen molar-refractivity contribution in [3.8, 4) is 0 Å². The average Bonchev–Trinajstić information content (AvgIpc) is 2.78. The van der Waals surface area contributed by atoms with Gasteiger partial charge >= 0.3 is 0 Å². The van der Waals surface area contributed by atoms with Crippen LogP contribution in [0.4, 0.5) is 0 Å². The largest absolute Gasteiger partial charge is 0.352 e. The van der Waals surface area contributed by atoms with Crippen LogP contribution in [0.3, 0.4) is 0 Å². The van der Waals surface area contributed by atoms with Crippen molar-refractivity contribution in [2.24, 2.45) is 0 Å². The molecule has 0 spiro atoms. The summed E-state index contributed by atoms with van der Waals surface area (Å²) in [4.78, 5) is 28.6. The molecule has 0 fully saturated rings. The second-order valence-electron chi connectivity index (χ2n) is 8.54. The number of nitrogens with zero attached hydrogens (tertiary/aromatic N) is 1. The molecule has 0 saturated carbocycles. The number of carbonyl (C=O) groups excluding carboxylic acids is 2. The lowest BCUT2D eigenvalue weighted by molar-refractivity contribution is -0.141. The molecule has 0 aliphatic rings. The second-order valence-corrected chi connectivity index (χ2v) is 8.54. The minimum atomic E-state index is -0.599. The van der Waals surface area contributed by atoms with E-state index in [4.69, 9.17) is 0 Å². The summed E-state index contributed by atoms with van der Waals surface area (Å²) in [6.45, 7) is 6.29. The number of nitrogens with one attached hydrogen (secondary N) is 1. The SMILES string of the molecule is Cc1ccc(CC(=O)N(Cc2ccccc2)[C@@H](Cc2ccccc2)C(=O)NC(C)C)cc1. The van der Waals surface area contributed by atoms with Gasteiger partial charge in [0.15, 0.2) is 0 Å².